The monoisotopic (exact) mass is 637 g/mol. The number of anilines is 1. The molecule has 10 nitrogen and oxygen atoms in total. The van der Waals surface area contributed by atoms with Crippen LogP contribution >= 0.6 is 0 Å². The van der Waals surface area contributed by atoms with Crippen LogP contribution in [0.1, 0.15) is 67.8 Å². The van der Waals surface area contributed by atoms with Gasteiger partial charge in [-0.25, -0.2) is 14.2 Å². The van der Waals surface area contributed by atoms with Gasteiger partial charge in [-0.15, -0.1) is 0 Å². The van der Waals surface area contributed by atoms with Crippen LogP contribution in [-0.2, 0) is 16.0 Å². The van der Waals surface area contributed by atoms with E-state index in [4.69, 9.17) is 10.7 Å². The molecule has 2 aliphatic carbocycles. The molecule has 0 bridgehead atoms. The third-order valence-electron chi connectivity index (χ3n) is 10.1. The van der Waals surface area contributed by atoms with Crippen LogP contribution in [0.25, 0.3) is 33.2 Å². The minimum absolute atomic E-state index is 0.137. The maximum absolute atomic E-state index is 15.5. The smallest absolute Gasteiger partial charge is 0.323 e. The number of amides is 2. The molecule has 7 rings (SSSR count). The van der Waals surface area contributed by atoms with E-state index >= 15 is 4.39 Å². The second-order valence-corrected chi connectivity index (χ2v) is 13.3. The van der Waals surface area contributed by atoms with E-state index in [2.05, 4.69) is 25.6 Å². The summed E-state index contributed by atoms with van der Waals surface area (Å²) in [5, 5.41) is 5.94. The number of carbonyl (C=O) groups excluding carboxylic acids is 2. The first-order valence-corrected chi connectivity index (χ1v) is 16.6. The van der Waals surface area contributed by atoms with E-state index in [9.17, 15) is 14.4 Å². The first-order valence-electron chi connectivity index (χ1n) is 16.6. The van der Waals surface area contributed by atoms with E-state index < -0.39 is 6.04 Å². The normalized spacial score (nSPS) is 19.0. The van der Waals surface area contributed by atoms with Gasteiger partial charge < -0.3 is 31.3 Å². The number of nitrogens with one attached hydrogen (secondary N) is 5. The summed E-state index contributed by atoms with van der Waals surface area (Å²) < 4.78 is 15.5. The van der Waals surface area contributed by atoms with Crippen LogP contribution in [0.4, 0.5) is 10.1 Å². The number of fused-ring (bicyclic) bond motifs is 2. The number of hydrogen-bond donors (Lipinski definition) is 6. The van der Waals surface area contributed by atoms with Crippen LogP contribution in [0.2, 0.25) is 0 Å². The average molecular weight is 638 g/mol. The largest absolute Gasteiger partial charge is 0.344 e. The van der Waals surface area contributed by atoms with Crippen LogP contribution in [0.5, 0.6) is 0 Å². The number of aromatic amines is 3. The molecule has 5 aromatic rings. The molecule has 0 spiro atoms. The summed E-state index contributed by atoms with van der Waals surface area (Å²) in [6, 6.07) is 13.9. The van der Waals surface area contributed by atoms with Crippen LogP contribution in [-0.4, -0.2) is 44.3 Å². The van der Waals surface area contributed by atoms with Crippen molar-refractivity contribution in [3.05, 3.63) is 81.8 Å². The maximum Gasteiger partial charge on any atom is 0.323 e. The van der Waals surface area contributed by atoms with Gasteiger partial charge in [-0.1, -0.05) is 30.7 Å². The molecular formula is C36H40FN7O3. The lowest BCUT2D eigenvalue weighted by molar-refractivity contribution is -0.130. The molecule has 3 aromatic carbocycles. The van der Waals surface area contributed by atoms with Crippen molar-refractivity contribution in [1.29, 1.82) is 0 Å². The van der Waals surface area contributed by atoms with Gasteiger partial charge in [-0.3, -0.25) is 9.59 Å². The van der Waals surface area contributed by atoms with E-state index in [1.807, 2.05) is 30.3 Å². The number of nitrogens with zero attached hydrogens (tertiary/aromatic N) is 1. The number of benzene rings is 3. The number of halogens is 1. The summed E-state index contributed by atoms with van der Waals surface area (Å²) in [7, 11) is 0. The predicted octanol–water partition coefficient (Wildman–Crippen LogP) is 5.55. The molecular weight excluding hydrogens is 597 g/mol. The predicted molar refractivity (Wildman–Crippen MR) is 181 cm³/mol. The molecule has 0 unspecified atom stereocenters. The van der Waals surface area contributed by atoms with Crippen molar-refractivity contribution < 1.29 is 14.0 Å². The number of nitrogens with two attached hydrogens (primary N) is 1. The van der Waals surface area contributed by atoms with E-state index in [0.29, 0.717) is 51.7 Å². The van der Waals surface area contributed by atoms with E-state index in [-0.39, 0.29) is 35.7 Å². The Morgan fingerprint density at radius 2 is 1.72 bits per heavy atom. The van der Waals surface area contributed by atoms with Gasteiger partial charge in [0.1, 0.15) is 17.4 Å². The fourth-order valence-corrected chi connectivity index (χ4v) is 6.96. The van der Waals surface area contributed by atoms with Crippen molar-refractivity contribution in [2.24, 2.45) is 17.6 Å². The molecule has 7 N–H and O–H groups in total. The van der Waals surface area contributed by atoms with Crippen LogP contribution < -0.4 is 22.1 Å². The Kier molecular flexibility index (Phi) is 8.40. The van der Waals surface area contributed by atoms with Crippen molar-refractivity contribution in [2.45, 2.75) is 70.3 Å². The molecule has 244 valence electrons. The zero-order valence-corrected chi connectivity index (χ0v) is 26.4. The molecule has 2 saturated carbocycles. The lowest BCUT2D eigenvalue weighted by Crippen LogP contribution is -2.48. The molecule has 2 heterocycles. The Morgan fingerprint density at radius 3 is 2.43 bits per heavy atom. The van der Waals surface area contributed by atoms with Crippen molar-refractivity contribution >= 4 is 39.6 Å². The van der Waals surface area contributed by atoms with Crippen molar-refractivity contribution in [3.63, 3.8) is 0 Å². The van der Waals surface area contributed by atoms with Gasteiger partial charge in [0.15, 0.2) is 5.82 Å². The molecule has 47 heavy (non-hydrogen) atoms. The Hall–Kier alpha value is -4.77. The summed E-state index contributed by atoms with van der Waals surface area (Å²) in [5.41, 5.74) is 11.3. The highest BCUT2D eigenvalue weighted by Crippen LogP contribution is 2.37. The molecule has 2 aliphatic rings. The molecule has 0 saturated heterocycles. The zero-order valence-electron chi connectivity index (χ0n) is 26.4. The van der Waals surface area contributed by atoms with Gasteiger partial charge in [0.2, 0.25) is 11.8 Å². The van der Waals surface area contributed by atoms with E-state index in [1.54, 1.807) is 25.1 Å². The molecule has 0 radical (unpaired) electrons. The highest BCUT2D eigenvalue weighted by atomic mass is 19.1. The number of aromatic nitrogens is 4. The van der Waals surface area contributed by atoms with Gasteiger partial charge >= 0.3 is 5.69 Å². The Morgan fingerprint density at radius 1 is 0.979 bits per heavy atom. The topological polar surface area (TPSA) is 162 Å². The van der Waals surface area contributed by atoms with E-state index in [1.165, 1.54) is 6.42 Å². The van der Waals surface area contributed by atoms with Gasteiger partial charge in [0, 0.05) is 23.9 Å². The fourth-order valence-electron chi connectivity index (χ4n) is 6.96. The van der Waals surface area contributed by atoms with Crippen molar-refractivity contribution in [1.82, 2.24) is 25.3 Å². The fraction of sp³-hybridized carbons (Fsp3) is 0.389. The number of carbonyl (C=O) groups is 2. The lowest BCUT2D eigenvalue weighted by atomic mass is 9.81. The summed E-state index contributed by atoms with van der Waals surface area (Å²) >= 11 is 0. The Bertz CT molecular complexity index is 2000. The number of rotatable bonds is 9. The minimum Gasteiger partial charge on any atom is -0.344 e. The molecule has 2 fully saturated rings. The number of hydrogen-bond acceptors (Lipinski definition) is 5. The molecule has 2 aromatic heterocycles. The van der Waals surface area contributed by atoms with Crippen LogP contribution in [0, 0.1) is 24.6 Å². The molecule has 11 heteroatoms. The van der Waals surface area contributed by atoms with Crippen molar-refractivity contribution in [2.75, 3.05) is 11.9 Å². The van der Waals surface area contributed by atoms with Crippen LogP contribution in [0.15, 0.2) is 53.3 Å². The number of imidazole rings is 2. The quantitative estimate of drug-likeness (QED) is 0.125. The Labute approximate surface area is 271 Å². The summed E-state index contributed by atoms with van der Waals surface area (Å²) in [6.45, 7) is 2.40. The third kappa shape index (κ3) is 6.32. The molecule has 0 aliphatic heterocycles. The highest BCUT2D eigenvalue weighted by Gasteiger charge is 2.30. The van der Waals surface area contributed by atoms with Crippen LogP contribution in [0.3, 0.4) is 0 Å². The first-order chi connectivity index (χ1) is 22.7. The molecule has 2 amide bonds. The maximum atomic E-state index is 15.5. The SMILES string of the molecule is Cc1c(-c2ccc(C[C@H](NC(=O)C3CCC(CN)CC3)C(=O)Nc3ccc4[nH]c(=O)[nH]c4c3)cc2)cc2nc(C3CCC3)[nH]c2c1F. The van der Waals surface area contributed by atoms with Gasteiger partial charge in [0.25, 0.3) is 0 Å². The summed E-state index contributed by atoms with van der Waals surface area (Å²) in [4.78, 5) is 52.1. The second-order valence-electron chi connectivity index (χ2n) is 13.3. The average Bonchev–Trinajstić information content (AvgIpc) is 3.64. The lowest BCUT2D eigenvalue weighted by Gasteiger charge is -2.28. The van der Waals surface area contributed by atoms with E-state index in [0.717, 1.165) is 61.0 Å². The Balaban J connectivity index is 1.11. The minimum atomic E-state index is -0.842. The zero-order chi connectivity index (χ0) is 32.7. The first kappa shape index (κ1) is 30.9. The summed E-state index contributed by atoms with van der Waals surface area (Å²) in [6.07, 6.45) is 6.87. The second kappa shape index (κ2) is 12.8. The van der Waals surface area contributed by atoms with Gasteiger partial charge in [-0.2, -0.15) is 0 Å². The van der Waals surface area contributed by atoms with Gasteiger partial charge in [0.05, 0.1) is 16.6 Å². The molecule has 1 atom stereocenters. The highest BCUT2D eigenvalue weighted by molar-refractivity contribution is 5.99. The standard InChI is InChI=1S/C36H40FN7O3/c1-19-26(17-29-32(31(19)37)44-33(40-29)23-3-2-4-23)22-9-5-20(6-10-22)15-30(41-34(45)24-11-7-21(18-38)8-12-24)35(46)39-25-13-14-27-28(16-25)43-36(47)42-27/h5-6,9-10,13-14,16-17,21,23-24,30H,2-4,7-8,11-12,15,18,38H2,1H3,(H,39,46)(H,40,44)(H,41,45)(H2,42,43,47)/t21?,24?,30-/m0/s1. The number of H-pyrrole nitrogens is 3. The van der Waals surface area contributed by atoms with Crippen molar-refractivity contribution in [3.8, 4) is 11.1 Å². The van der Waals surface area contributed by atoms with Gasteiger partial charge in [-0.05, 0) is 104 Å². The summed E-state index contributed by atoms with van der Waals surface area (Å²) in [5.74, 6) is 0.705. The third-order valence-corrected chi connectivity index (χ3v) is 10.1.